The van der Waals surface area contributed by atoms with Crippen molar-refractivity contribution in [2.24, 2.45) is 5.73 Å². The molecule has 106 valence electrons. The molecule has 0 amide bonds. The summed E-state index contributed by atoms with van der Waals surface area (Å²) in [6.45, 7) is 9.64. The first kappa shape index (κ1) is 14.7. The van der Waals surface area contributed by atoms with Crippen LogP contribution in [0.5, 0.6) is 11.5 Å². The summed E-state index contributed by atoms with van der Waals surface area (Å²) in [5, 5.41) is 0. The largest absolute Gasteiger partial charge is 0.486 e. The minimum atomic E-state index is -0.243. The van der Waals surface area contributed by atoms with E-state index in [2.05, 4.69) is 35.8 Å². The number of rotatable bonds is 3. The molecule has 0 bridgehead atoms. The van der Waals surface area contributed by atoms with Gasteiger partial charge in [0.2, 0.25) is 0 Å². The maximum Gasteiger partial charge on any atom is 0.175 e. The molecular weight excluding hydrogens is 306 g/mol. The molecule has 2 N–H and O–H groups in total. The quantitative estimate of drug-likeness (QED) is 0.922. The Morgan fingerprint density at radius 3 is 2.37 bits per heavy atom. The van der Waals surface area contributed by atoms with E-state index >= 15 is 0 Å². The van der Waals surface area contributed by atoms with Gasteiger partial charge in [-0.15, -0.1) is 0 Å². The molecule has 0 saturated heterocycles. The Labute approximate surface area is 123 Å². The van der Waals surface area contributed by atoms with Crippen molar-refractivity contribution in [2.45, 2.75) is 45.6 Å². The molecule has 1 aliphatic heterocycles. The Morgan fingerprint density at radius 1 is 1.26 bits per heavy atom. The molecule has 19 heavy (non-hydrogen) atoms. The van der Waals surface area contributed by atoms with E-state index in [1.54, 1.807) is 0 Å². The second kappa shape index (κ2) is 5.33. The highest BCUT2D eigenvalue weighted by atomic mass is 79.9. The van der Waals surface area contributed by atoms with Gasteiger partial charge in [0, 0.05) is 11.1 Å². The molecule has 0 spiro atoms. The predicted molar refractivity (Wildman–Crippen MR) is 81.2 cm³/mol. The zero-order valence-corrected chi connectivity index (χ0v) is 13.6. The van der Waals surface area contributed by atoms with Crippen molar-refractivity contribution >= 4 is 15.9 Å². The molecule has 0 saturated carbocycles. The highest BCUT2D eigenvalue weighted by molar-refractivity contribution is 9.10. The monoisotopic (exact) mass is 327 g/mol. The number of ether oxygens (including phenoxy) is 2. The summed E-state index contributed by atoms with van der Waals surface area (Å²) in [5.74, 6) is 2.09. The van der Waals surface area contributed by atoms with Crippen molar-refractivity contribution in [1.29, 1.82) is 0 Å². The third-order valence-corrected chi connectivity index (χ3v) is 3.70. The second-order valence-corrected chi connectivity index (χ2v) is 6.96. The molecule has 0 aromatic heterocycles. The molecule has 1 heterocycles. The van der Waals surface area contributed by atoms with Gasteiger partial charge in [0.25, 0.3) is 0 Å². The van der Waals surface area contributed by atoms with Gasteiger partial charge in [0.15, 0.2) is 11.5 Å². The van der Waals surface area contributed by atoms with Crippen LogP contribution in [0.1, 0.15) is 44.7 Å². The summed E-state index contributed by atoms with van der Waals surface area (Å²) >= 11 is 3.58. The van der Waals surface area contributed by atoms with Gasteiger partial charge in [0.05, 0.1) is 4.47 Å². The SMILES string of the molecule is CC(C)c1c(CC(C)(C)N)cc(Br)c2c1OCCO2. The van der Waals surface area contributed by atoms with Crippen LogP contribution in [0.15, 0.2) is 10.5 Å². The minimum Gasteiger partial charge on any atom is -0.486 e. The highest BCUT2D eigenvalue weighted by Crippen LogP contribution is 2.45. The third-order valence-electron chi connectivity index (χ3n) is 3.11. The summed E-state index contributed by atoms with van der Waals surface area (Å²) in [4.78, 5) is 0. The fourth-order valence-corrected chi connectivity index (χ4v) is 3.08. The zero-order valence-electron chi connectivity index (χ0n) is 12.0. The van der Waals surface area contributed by atoms with Crippen LogP contribution < -0.4 is 15.2 Å². The fourth-order valence-electron chi connectivity index (χ4n) is 2.51. The van der Waals surface area contributed by atoms with Crippen LogP contribution in [0.25, 0.3) is 0 Å². The van der Waals surface area contributed by atoms with Crippen molar-refractivity contribution in [1.82, 2.24) is 0 Å². The first-order valence-electron chi connectivity index (χ1n) is 6.69. The number of halogens is 1. The average Bonchev–Trinajstić information content (AvgIpc) is 2.26. The molecule has 1 aliphatic rings. The lowest BCUT2D eigenvalue weighted by molar-refractivity contribution is 0.168. The fraction of sp³-hybridized carbons (Fsp3) is 0.600. The minimum absolute atomic E-state index is 0.243. The zero-order chi connectivity index (χ0) is 14.2. The Bertz CT molecular complexity index is 478. The first-order chi connectivity index (χ1) is 8.79. The Morgan fingerprint density at radius 2 is 1.84 bits per heavy atom. The van der Waals surface area contributed by atoms with E-state index in [-0.39, 0.29) is 5.54 Å². The number of hydrogen-bond donors (Lipinski definition) is 1. The predicted octanol–water partition coefficient (Wildman–Crippen LogP) is 3.62. The van der Waals surface area contributed by atoms with E-state index in [1.807, 2.05) is 13.8 Å². The van der Waals surface area contributed by atoms with Crippen molar-refractivity contribution in [3.8, 4) is 11.5 Å². The van der Waals surface area contributed by atoms with Crippen LogP contribution in [-0.4, -0.2) is 18.8 Å². The topological polar surface area (TPSA) is 44.5 Å². The van der Waals surface area contributed by atoms with Crippen molar-refractivity contribution in [3.63, 3.8) is 0 Å². The van der Waals surface area contributed by atoms with Gasteiger partial charge in [-0.25, -0.2) is 0 Å². The van der Waals surface area contributed by atoms with Crippen LogP contribution in [0.3, 0.4) is 0 Å². The van der Waals surface area contributed by atoms with Gasteiger partial charge in [-0.2, -0.15) is 0 Å². The van der Waals surface area contributed by atoms with Crippen molar-refractivity contribution in [3.05, 3.63) is 21.7 Å². The molecule has 4 heteroatoms. The standard InChI is InChI=1S/C15H22BrNO2/c1-9(2)12-10(8-15(3,4)17)7-11(16)13-14(12)19-6-5-18-13/h7,9H,5-6,8,17H2,1-4H3. The van der Waals surface area contributed by atoms with Crippen molar-refractivity contribution < 1.29 is 9.47 Å². The van der Waals surface area contributed by atoms with E-state index in [4.69, 9.17) is 15.2 Å². The molecule has 0 atom stereocenters. The molecule has 1 aromatic rings. The van der Waals surface area contributed by atoms with Gasteiger partial charge >= 0.3 is 0 Å². The summed E-state index contributed by atoms with van der Waals surface area (Å²) in [5.41, 5.74) is 8.39. The van der Waals surface area contributed by atoms with E-state index in [0.717, 1.165) is 22.4 Å². The summed E-state index contributed by atoms with van der Waals surface area (Å²) in [6.07, 6.45) is 0.815. The molecule has 0 unspecified atom stereocenters. The second-order valence-electron chi connectivity index (χ2n) is 6.11. The maximum absolute atomic E-state index is 6.18. The van der Waals surface area contributed by atoms with Crippen LogP contribution in [0, 0.1) is 0 Å². The van der Waals surface area contributed by atoms with Gasteiger partial charge in [-0.1, -0.05) is 13.8 Å². The van der Waals surface area contributed by atoms with E-state index in [0.29, 0.717) is 19.1 Å². The van der Waals surface area contributed by atoms with E-state index in [9.17, 15) is 0 Å². The van der Waals surface area contributed by atoms with E-state index < -0.39 is 0 Å². The first-order valence-corrected chi connectivity index (χ1v) is 7.48. The number of benzene rings is 1. The summed E-state index contributed by atoms with van der Waals surface area (Å²) in [6, 6.07) is 2.12. The molecule has 0 fully saturated rings. The number of nitrogens with two attached hydrogens (primary N) is 1. The van der Waals surface area contributed by atoms with Gasteiger partial charge in [-0.05, 0) is 53.7 Å². The molecule has 1 aromatic carbocycles. The van der Waals surface area contributed by atoms with Crippen LogP contribution in [0.2, 0.25) is 0 Å². The third kappa shape index (κ3) is 3.23. The highest BCUT2D eigenvalue weighted by Gasteiger charge is 2.26. The molecule has 2 rings (SSSR count). The van der Waals surface area contributed by atoms with Gasteiger partial charge in [0.1, 0.15) is 13.2 Å². The summed E-state index contributed by atoms with van der Waals surface area (Å²) in [7, 11) is 0. The summed E-state index contributed by atoms with van der Waals surface area (Å²) < 4.78 is 12.5. The average molecular weight is 328 g/mol. The number of hydrogen-bond acceptors (Lipinski definition) is 3. The van der Waals surface area contributed by atoms with E-state index in [1.165, 1.54) is 11.1 Å². The van der Waals surface area contributed by atoms with Crippen LogP contribution >= 0.6 is 15.9 Å². The Balaban J connectivity index is 2.57. The van der Waals surface area contributed by atoms with Crippen LogP contribution in [-0.2, 0) is 6.42 Å². The van der Waals surface area contributed by atoms with Crippen molar-refractivity contribution in [2.75, 3.05) is 13.2 Å². The normalized spacial score (nSPS) is 14.9. The molecule has 3 nitrogen and oxygen atoms in total. The van der Waals surface area contributed by atoms with Crippen LogP contribution in [0.4, 0.5) is 0 Å². The lowest BCUT2D eigenvalue weighted by Crippen LogP contribution is -2.35. The van der Waals surface area contributed by atoms with Gasteiger partial charge < -0.3 is 15.2 Å². The Kier molecular flexibility index (Phi) is 4.11. The lowest BCUT2D eigenvalue weighted by atomic mass is 9.88. The van der Waals surface area contributed by atoms with Gasteiger partial charge in [-0.3, -0.25) is 0 Å². The Hall–Kier alpha value is -0.740. The maximum atomic E-state index is 6.18. The molecule has 0 radical (unpaired) electrons. The molecule has 0 aliphatic carbocycles. The molecular formula is C15H22BrNO2. The smallest absolute Gasteiger partial charge is 0.175 e. The number of fused-ring (bicyclic) bond motifs is 1. The lowest BCUT2D eigenvalue weighted by Gasteiger charge is -2.28.